The van der Waals surface area contributed by atoms with Crippen molar-refractivity contribution < 1.29 is 39.5 Å². The fraction of sp³-hybridized carbons (Fsp3) is 0.486. The van der Waals surface area contributed by atoms with Gasteiger partial charge in [0.25, 0.3) is 0 Å². The number of Topliss-reactive ketones (excluding diaryl/α,β-unsaturated/α-hetero) is 3. The smallest absolute Gasteiger partial charge is 0.183 e. The first-order chi connectivity index (χ1) is 21.0. The second-order valence-electron chi connectivity index (χ2n) is 13.2. The van der Waals surface area contributed by atoms with Crippen LogP contribution in [-0.2, 0) is 16.0 Å². The summed E-state index contributed by atoms with van der Waals surface area (Å²) in [5.74, 6) is -3.83. The van der Waals surface area contributed by atoms with E-state index in [1.807, 2.05) is 33.8 Å². The van der Waals surface area contributed by atoms with Crippen LogP contribution in [0.3, 0.4) is 0 Å². The molecule has 0 radical (unpaired) electrons. The molecule has 8 heteroatoms. The van der Waals surface area contributed by atoms with Gasteiger partial charge in [0, 0.05) is 24.0 Å². The summed E-state index contributed by atoms with van der Waals surface area (Å²) in [5, 5.41) is 45.8. The highest BCUT2D eigenvalue weighted by molar-refractivity contribution is 6.23. The zero-order valence-corrected chi connectivity index (χ0v) is 27.9. The zero-order valence-electron chi connectivity index (χ0n) is 27.9. The lowest BCUT2D eigenvalue weighted by Gasteiger charge is -2.34. The van der Waals surface area contributed by atoms with Gasteiger partial charge in [-0.15, -0.1) is 0 Å². The van der Waals surface area contributed by atoms with Gasteiger partial charge < -0.3 is 25.2 Å². The van der Waals surface area contributed by atoms with Crippen molar-refractivity contribution in [1.82, 2.24) is 0 Å². The molecule has 0 bridgehead atoms. The number of aliphatic hydroxyl groups is 2. The number of aromatic hydroxyl groups is 2. The third kappa shape index (κ3) is 7.43. The number of phenolic OH excluding ortho intramolecular Hbond substituents is 2. The van der Waals surface area contributed by atoms with Gasteiger partial charge in [-0.2, -0.15) is 0 Å². The highest BCUT2D eigenvalue weighted by Gasteiger charge is 2.47. The van der Waals surface area contributed by atoms with Crippen molar-refractivity contribution >= 4 is 23.4 Å². The highest BCUT2D eigenvalue weighted by Crippen LogP contribution is 2.50. The van der Waals surface area contributed by atoms with Gasteiger partial charge in [0.15, 0.2) is 17.3 Å². The Hall–Kier alpha value is -4.07. The number of carbonyl (C=O) groups excluding carboxylic acids is 3. The first-order valence-electron chi connectivity index (χ1n) is 15.7. The number of hydrogen-bond acceptors (Lipinski definition) is 8. The molecule has 0 amide bonds. The Morgan fingerprint density at radius 3 is 2.20 bits per heavy atom. The van der Waals surface area contributed by atoms with E-state index in [1.165, 1.54) is 12.5 Å². The Kier molecular flexibility index (Phi) is 11.0. The number of phenols is 2. The van der Waals surface area contributed by atoms with Gasteiger partial charge in [-0.05, 0) is 86.3 Å². The van der Waals surface area contributed by atoms with E-state index < -0.39 is 57.6 Å². The molecule has 1 aliphatic heterocycles. The van der Waals surface area contributed by atoms with Gasteiger partial charge >= 0.3 is 0 Å². The van der Waals surface area contributed by atoms with Crippen molar-refractivity contribution in [2.75, 3.05) is 0 Å². The molecule has 0 spiro atoms. The minimum atomic E-state index is -1.59. The molecule has 1 aliphatic carbocycles. The Labute approximate surface area is 266 Å². The van der Waals surface area contributed by atoms with Crippen LogP contribution in [0.5, 0.6) is 17.2 Å². The van der Waals surface area contributed by atoms with Crippen LogP contribution >= 0.6 is 0 Å². The molecule has 0 saturated heterocycles. The maximum absolute atomic E-state index is 13.6. The summed E-state index contributed by atoms with van der Waals surface area (Å²) in [6, 6.07) is 0. The van der Waals surface area contributed by atoms with Crippen molar-refractivity contribution in [2.24, 2.45) is 5.41 Å². The van der Waals surface area contributed by atoms with Crippen LogP contribution in [0, 0.1) is 5.41 Å². The van der Waals surface area contributed by atoms with Crippen molar-refractivity contribution in [2.45, 2.75) is 112 Å². The van der Waals surface area contributed by atoms with E-state index in [-0.39, 0.29) is 46.6 Å². The van der Waals surface area contributed by atoms with Crippen LogP contribution in [0.25, 0.3) is 6.08 Å². The molecule has 2 aliphatic rings. The van der Waals surface area contributed by atoms with Crippen LogP contribution in [0.1, 0.15) is 122 Å². The van der Waals surface area contributed by atoms with Gasteiger partial charge in [0.1, 0.15) is 45.5 Å². The molecule has 244 valence electrons. The van der Waals surface area contributed by atoms with Gasteiger partial charge in [-0.3, -0.25) is 14.4 Å². The lowest BCUT2D eigenvalue weighted by molar-refractivity contribution is -0.127. The molecule has 1 aromatic rings. The topological polar surface area (TPSA) is 141 Å². The fourth-order valence-electron chi connectivity index (χ4n) is 5.72. The predicted molar refractivity (Wildman–Crippen MR) is 176 cm³/mol. The molecule has 1 heterocycles. The third-order valence-corrected chi connectivity index (χ3v) is 8.55. The number of benzene rings is 1. The lowest BCUT2D eigenvalue weighted by Crippen LogP contribution is -2.38. The highest BCUT2D eigenvalue weighted by atomic mass is 16.5. The van der Waals surface area contributed by atoms with Crippen molar-refractivity contribution in [1.29, 1.82) is 0 Å². The number of fused-ring (bicyclic) bond motifs is 1. The van der Waals surface area contributed by atoms with Crippen LogP contribution in [0.15, 0.2) is 52.0 Å². The first kappa shape index (κ1) is 35.4. The number of ether oxygens (including phenoxy) is 1. The average molecular weight is 621 g/mol. The molecule has 0 fully saturated rings. The number of carbonyl (C=O) groups is 3. The van der Waals surface area contributed by atoms with Crippen LogP contribution in [0.4, 0.5) is 0 Å². The monoisotopic (exact) mass is 620 g/mol. The minimum absolute atomic E-state index is 0.0564. The Morgan fingerprint density at radius 1 is 0.933 bits per heavy atom. The van der Waals surface area contributed by atoms with Crippen LogP contribution in [-0.4, -0.2) is 43.4 Å². The molecule has 4 N–H and O–H groups in total. The molecule has 0 aromatic heterocycles. The number of rotatable bonds is 13. The van der Waals surface area contributed by atoms with Gasteiger partial charge in [-0.1, -0.05) is 43.1 Å². The Morgan fingerprint density at radius 2 is 1.60 bits per heavy atom. The van der Waals surface area contributed by atoms with Crippen molar-refractivity contribution in [3.8, 4) is 17.2 Å². The van der Waals surface area contributed by atoms with Gasteiger partial charge in [0.05, 0.1) is 11.0 Å². The first-order valence-corrected chi connectivity index (χ1v) is 15.7. The Balaban J connectivity index is 2.20. The summed E-state index contributed by atoms with van der Waals surface area (Å²) in [7, 11) is 0. The van der Waals surface area contributed by atoms with E-state index >= 15 is 0 Å². The molecule has 1 aromatic carbocycles. The summed E-state index contributed by atoms with van der Waals surface area (Å²) < 4.78 is 6.07. The molecular formula is C37H48O8. The van der Waals surface area contributed by atoms with E-state index in [2.05, 4.69) is 6.08 Å². The average Bonchev–Trinajstić information content (AvgIpc) is 2.94. The van der Waals surface area contributed by atoms with Crippen LogP contribution < -0.4 is 4.74 Å². The normalized spacial score (nSPS) is 19.4. The summed E-state index contributed by atoms with van der Waals surface area (Å²) in [5.41, 5.74) is -0.913. The van der Waals surface area contributed by atoms with Gasteiger partial charge in [-0.25, -0.2) is 0 Å². The number of ketones is 3. The van der Waals surface area contributed by atoms with Crippen molar-refractivity contribution in [3.63, 3.8) is 0 Å². The number of allylic oxidation sites excluding steroid dienone is 7. The lowest BCUT2D eigenvalue weighted by atomic mass is 9.70. The number of hydrogen-bond donors (Lipinski definition) is 4. The summed E-state index contributed by atoms with van der Waals surface area (Å²) in [6.07, 6.45) is 10.9. The van der Waals surface area contributed by atoms with E-state index in [1.54, 1.807) is 26.0 Å². The summed E-state index contributed by atoms with van der Waals surface area (Å²) in [6.45, 7) is 14.2. The third-order valence-electron chi connectivity index (χ3n) is 8.55. The maximum atomic E-state index is 13.6. The molecule has 45 heavy (non-hydrogen) atoms. The molecular weight excluding hydrogens is 572 g/mol. The van der Waals surface area contributed by atoms with Crippen molar-refractivity contribution in [3.05, 3.63) is 68.7 Å². The second kappa shape index (κ2) is 13.9. The number of unbranched alkanes of at least 4 members (excludes halogenated alkanes) is 2. The molecule has 1 unspecified atom stereocenters. The van der Waals surface area contributed by atoms with Crippen LogP contribution in [0.2, 0.25) is 0 Å². The van der Waals surface area contributed by atoms with Gasteiger partial charge in [0.2, 0.25) is 0 Å². The molecule has 1 atom stereocenters. The quantitative estimate of drug-likeness (QED) is 0.0745. The zero-order chi connectivity index (χ0) is 33.9. The summed E-state index contributed by atoms with van der Waals surface area (Å²) >= 11 is 0. The molecule has 0 saturated carbocycles. The standard InChI is InChI=1S/C37H48O8/c1-9-10-11-15-27(39)29-31(41)25(30(40)24-17-18-36(6,7)45-33(24)29)20-26-32(42)28(23(5)38)35(44)37(8,34(26)43)19-16-22(4)14-12-13-21(2)3/h13,16-18,40-43H,9-12,14-15,19-20H2,1-8H3/b22-16+. The largest absolute Gasteiger partial charge is 0.511 e. The number of aliphatic hydroxyl groups excluding tert-OH is 2. The Bertz CT molecular complexity index is 1540. The molecule has 3 rings (SSSR count). The minimum Gasteiger partial charge on any atom is -0.511 e. The van der Waals surface area contributed by atoms with E-state index in [0.717, 1.165) is 38.2 Å². The van der Waals surface area contributed by atoms with E-state index in [0.29, 0.717) is 6.42 Å². The SMILES string of the molecule is CCCCCC(=O)c1c(O)c(CC2=C(O)C(C)(C/C=C(\C)CCC=C(C)C)C(=O)C(C(C)=O)=C2O)c(O)c2c1OC(C)(C)C=C2. The predicted octanol–water partition coefficient (Wildman–Crippen LogP) is 8.47. The maximum Gasteiger partial charge on any atom is 0.183 e. The van der Waals surface area contributed by atoms with E-state index in [9.17, 15) is 34.8 Å². The second-order valence-corrected chi connectivity index (χ2v) is 13.2. The van der Waals surface area contributed by atoms with E-state index in [4.69, 9.17) is 4.74 Å². The summed E-state index contributed by atoms with van der Waals surface area (Å²) in [4.78, 5) is 39.8. The molecule has 8 nitrogen and oxygen atoms in total. The fourth-order valence-corrected chi connectivity index (χ4v) is 5.72.